The van der Waals surface area contributed by atoms with Gasteiger partial charge < -0.3 is 5.11 Å². The monoisotopic (exact) mass is 252 g/mol. The van der Waals surface area contributed by atoms with Crippen LogP contribution in [0.25, 0.3) is 0 Å². The van der Waals surface area contributed by atoms with E-state index in [0.29, 0.717) is 11.3 Å². The molecule has 0 amide bonds. The molecule has 1 N–H and O–H groups in total. The second-order valence-electron chi connectivity index (χ2n) is 5.18. The summed E-state index contributed by atoms with van der Waals surface area (Å²) >= 11 is 0. The van der Waals surface area contributed by atoms with Gasteiger partial charge in [-0.25, -0.2) is 8.42 Å². The lowest BCUT2D eigenvalue weighted by atomic mass is 9.94. The van der Waals surface area contributed by atoms with Gasteiger partial charge in [0, 0.05) is 5.41 Å². The topological polar surface area (TPSA) is 54.4 Å². The Hall–Kier alpha value is -0.870. The molecule has 4 heteroatoms. The summed E-state index contributed by atoms with van der Waals surface area (Å²) in [4.78, 5) is 0.501. The number of rotatable bonds is 2. The molecule has 1 aromatic carbocycles. The Bertz CT molecular complexity index is 556. The number of aryl methyl sites for hydroxylation is 1. The standard InChI is InChI=1S/C13H16O3S/c14-9-13(5-6-13)11-3-4-12-10(8-11)2-1-7-17(12,15)16/h3-4,8,14H,1-2,5-7,9H2. The molecule has 0 atom stereocenters. The molecule has 2 aliphatic rings. The van der Waals surface area contributed by atoms with Crippen molar-refractivity contribution in [1.82, 2.24) is 0 Å². The summed E-state index contributed by atoms with van der Waals surface area (Å²) in [5.74, 6) is 0.268. The molecule has 0 radical (unpaired) electrons. The minimum atomic E-state index is -3.05. The SMILES string of the molecule is O=S1(=O)CCCc2cc(C3(CO)CC3)ccc21. The number of hydrogen-bond donors (Lipinski definition) is 1. The third-order valence-corrected chi connectivity index (χ3v) is 5.92. The van der Waals surface area contributed by atoms with Gasteiger partial charge in [0.1, 0.15) is 0 Å². The highest BCUT2D eigenvalue weighted by molar-refractivity contribution is 7.91. The molecule has 1 aromatic rings. The average Bonchev–Trinajstić information content (AvgIpc) is 3.09. The maximum atomic E-state index is 11.9. The van der Waals surface area contributed by atoms with Crippen molar-refractivity contribution in [3.63, 3.8) is 0 Å². The zero-order valence-corrected chi connectivity index (χ0v) is 10.5. The molecular weight excluding hydrogens is 236 g/mol. The second kappa shape index (κ2) is 3.56. The van der Waals surface area contributed by atoms with Crippen LogP contribution in [-0.4, -0.2) is 25.9 Å². The van der Waals surface area contributed by atoms with Crippen molar-refractivity contribution >= 4 is 9.84 Å². The first-order valence-corrected chi connectivity index (χ1v) is 7.70. The van der Waals surface area contributed by atoms with Crippen LogP contribution in [0, 0.1) is 0 Å². The van der Waals surface area contributed by atoms with Gasteiger partial charge in [-0.2, -0.15) is 0 Å². The summed E-state index contributed by atoms with van der Waals surface area (Å²) in [7, 11) is -3.05. The number of benzene rings is 1. The van der Waals surface area contributed by atoms with Gasteiger partial charge in [-0.1, -0.05) is 12.1 Å². The predicted molar refractivity (Wildman–Crippen MR) is 64.8 cm³/mol. The van der Waals surface area contributed by atoms with E-state index >= 15 is 0 Å². The van der Waals surface area contributed by atoms with Crippen molar-refractivity contribution in [2.75, 3.05) is 12.4 Å². The molecule has 0 bridgehead atoms. The molecule has 0 aromatic heterocycles. The lowest BCUT2D eigenvalue weighted by Gasteiger charge is -2.19. The molecule has 1 heterocycles. The summed E-state index contributed by atoms with van der Waals surface area (Å²) < 4.78 is 23.7. The first kappa shape index (κ1) is 11.2. The van der Waals surface area contributed by atoms with Crippen molar-refractivity contribution in [2.45, 2.75) is 36.0 Å². The predicted octanol–water partition coefficient (Wildman–Crippen LogP) is 1.43. The van der Waals surface area contributed by atoms with E-state index in [0.717, 1.165) is 30.4 Å². The zero-order valence-electron chi connectivity index (χ0n) is 9.65. The van der Waals surface area contributed by atoms with Crippen LogP contribution in [0.3, 0.4) is 0 Å². The Balaban J connectivity index is 2.08. The van der Waals surface area contributed by atoms with Crippen molar-refractivity contribution in [3.8, 4) is 0 Å². The lowest BCUT2D eigenvalue weighted by Crippen LogP contribution is -2.18. The number of hydrogen-bond acceptors (Lipinski definition) is 3. The third kappa shape index (κ3) is 1.70. The maximum Gasteiger partial charge on any atom is 0.178 e. The van der Waals surface area contributed by atoms with Crippen molar-refractivity contribution in [2.24, 2.45) is 0 Å². The summed E-state index contributed by atoms with van der Waals surface area (Å²) in [6.07, 6.45) is 3.57. The smallest absolute Gasteiger partial charge is 0.178 e. The molecule has 1 saturated carbocycles. The first-order chi connectivity index (χ1) is 8.07. The van der Waals surface area contributed by atoms with Crippen LogP contribution >= 0.6 is 0 Å². The zero-order chi connectivity index (χ0) is 12.1. The summed E-state index contributed by atoms with van der Waals surface area (Å²) in [5, 5.41) is 9.40. The minimum absolute atomic E-state index is 0.0732. The van der Waals surface area contributed by atoms with Gasteiger partial charge in [0.15, 0.2) is 9.84 Å². The molecule has 0 saturated heterocycles. The number of aliphatic hydroxyl groups excluding tert-OH is 1. The van der Waals surface area contributed by atoms with Crippen molar-refractivity contribution in [1.29, 1.82) is 0 Å². The van der Waals surface area contributed by atoms with Gasteiger partial charge in [-0.05, 0) is 42.9 Å². The highest BCUT2D eigenvalue weighted by atomic mass is 32.2. The Morgan fingerprint density at radius 3 is 2.71 bits per heavy atom. The van der Waals surface area contributed by atoms with E-state index in [-0.39, 0.29) is 17.8 Å². The van der Waals surface area contributed by atoms with Crippen LogP contribution in [0.15, 0.2) is 23.1 Å². The molecule has 92 valence electrons. The molecule has 1 aliphatic carbocycles. The van der Waals surface area contributed by atoms with Crippen molar-refractivity contribution < 1.29 is 13.5 Å². The summed E-state index contributed by atoms with van der Waals surface area (Å²) in [6, 6.07) is 5.61. The van der Waals surface area contributed by atoms with Gasteiger partial charge >= 0.3 is 0 Å². The largest absolute Gasteiger partial charge is 0.395 e. The Morgan fingerprint density at radius 1 is 1.29 bits per heavy atom. The molecule has 17 heavy (non-hydrogen) atoms. The fraction of sp³-hybridized carbons (Fsp3) is 0.538. The van der Waals surface area contributed by atoms with E-state index in [1.165, 1.54) is 0 Å². The first-order valence-electron chi connectivity index (χ1n) is 6.04. The Labute approximate surface area is 101 Å². The molecule has 0 spiro atoms. The Morgan fingerprint density at radius 2 is 2.06 bits per heavy atom. The van der Waals surface area contributed by atoms with Gasteiger partial charge in [-0.15, -0.1) is 0 Å². The maximum absolute atomic E-state index is 11.9. The van der Waals surface area contributed by atoms with Crippen LogP contribution < -0.4 is 0 Å². The summed E-state index contributed by atoms with van der Waals surface area (Å²) in [6.45, 7) is 0.165. The second-order valence-corrected chi connectivity index (χ2v) is 7.26. The normalized spacial score (nSPS) is 24.1. The van der Waals surface area contributed by atoms with Crippen LogP contribution in [0.2, 0.25) is 0 Å². The average molecular weight is 252 g/mol. The molecule has 1 fully saturated rings. The molecule has 1 aliphatic heterocycles. The van der Waals surface area contributed by atoms with E-state index < -0.39 is 9.84 Å². The number of fused-ring (bicyclic) bond motifs is 1. The van der Waals surface area contributed by atoms with E-state index in [4.69, 9.17) is 0 Å². The fourth-order valence-corrected chi connectivity index (χ4v) is 4.24. The van der Waals surface area contributed by atoms with E-state index in [2.05, 4.69) is 0 Å². The number of sulfone groups is 1. The molecule has 0 unspecified atom stereocenters. The third-order valence-electron chi connectivity index (χ3n) is 4.02. The highest BCUT2D eigenvalue weighted by Crippen LogP contribution is 2.48. The summed E-state index contributed by atoms with van der Waals surface area (Å²) in [5.41, 5.74) is 1.97. The molecular formula is C13H16O3S. The van der Waals surface area contributed by atoms with Gasteiger partial charge in [-0.3, -0.25) is 0 Å². The van der Waals surface area contributed by atoms with Crippen molar-refractivity contribution in [3.05, 3.63) is 29.3 Å². The minimum Gasteiger partial charge on any atom is -0.395 e. The molecule has 3 rings (SSSR count). The quantitative estimate of drug-likeness (QED) is 0.866. The van der Waals surface area contributed by atoms with E-state index in [9.17, 15) is 13.5 Å². The van der Waals surface area contributed by atoms with E-state index in [1.807, 2.05) is 12.1 Å². The van der Waals surface area contributed by atoms with Gasteiger partial charge in [0.05, 0.1) is 17.3 Å². The van der Waals surface area contributed by atoms with Gasteiger partial charge in [0.2, 0.25) is 0 Å². The van der Waals surface area contributed by atoms with E-state index in [1.54, 1.807) is 6.07 Å². The number of aliphatic hydroxyl groups is 1. The fourth-order valence-electron chi connectivity index (χ4n) is 2.66. The lowest BCUT2D eigenvalue weighted by molar-refractivity contribution is 0.255. The van der Waals surface area contributed by atoms with Gasteiger partial charge in [0.25, 0.3) is 0 Å². The molecule has 3 nitrogen and oxygen atoms in total. The van der Waals surface area contributed by atoms with Crippen LogP contribution in [-0.2, 0) is 21.7 Å². The highest BCUT2D eigenvalue weighted by Gasteiger charge is 2.44. The van der Waals surface area contributed by atoms with Crippen LogP contribution in [0.4, 0.5) is 0 Å². The van der Waals surface area contributed by atoms with Crippen LogP contribution in [0.1, 0.15) is 30.4 Å². The Kier molecular flexibility index (Phi) is 2.35. The van der Waals surface area contributed by atoms with Crippen LogP contribution in [0.5, 0.6) is 0 Å².